The number of nitrogens with zero attached hydrogens (tertiary/aromatic N) is 1. The van der Waals surface area contributed by atoms with Crippen LogP contribution in [0.4, 0.5) is 5.69 Å². The Hall–Kier alpha value is -2.91. The zero-order valence-corrected chi connectivity index (χ0v) is 18.7. The average Bonchev–Trinajstić information content (AvgIpc) is 2.74. The molecule has 31 heavy (non-hydrogen) atoms. The first-order valence-corrected chi connectivity index (χ1v) is 11.5. The summed E-state index contributed by atoms with van der Waals surface area (Å²) in [6.07, 6.45) is 1.05. The van der Waals surface area contributed by atoms with E-state index in [0.29, 0.717) is 42.9 Å². The van der Waals surface area contributed by atoms with E-state index in [1.165, 1.54) is 23.4 Å². The lowest BCUT2D eigenvalue weighted by Crippen LogP contribution is -2.46. The fraction of sp³-hybridized carbons (Fsp3) is 0.364. The summed E-state index contributed by atoms with van der Waals surface area (Å²) in [4.78, 5) is 23.9. The normalized spacial score (nSPS) is 15.3. The predicted octanol–water partition coefficient (Wildman–Crippen LogP) is 2.55. The fourth-order valence-corrected chi connectivity index (χ4v) is 5.00. The van der Waals surface area contributed by atoms with Gasteiger partial charge in [0.1, 0.15) is 5.75 Å². The lowest BCUT2D eigenvalue weighted by Gasteiger charge is -2.31. The van der Waals surface area contributed by atoms with Crippen LogP contribution in [0.1, 0.15) is 35.7 Å². The number of hydrogen-bond acceptors (Lipinski definition) is 5. The summed E-state index contributed by atoms with van der Waals surface area (Å²) in [5.74, 6) is 0.232. The first-order chi connectivity index (χ1) is 14.7. The van der Waals surface area contributed by atoms with Gasteiger partial charge in [0, 0.05) is 37.3 Å². The van der Waals surface area contributed by atoms with Crippen LogP contribution in [0, 0.1) is 6.92 Å². The van der Waals surface area contributed by atoms with Crippen LogP contribution in [-0.2, 0) is 14.8 Å². The summed E-state index contributed by atoms with van der Waals surface area (Å²) in [6.45, 7) is 3.93. The summed E-state index contributed by atoms with van der Waals surface area (Å²) in [5.41, 5.74) is 2.00. The van der Waals surface area contributed by atoms with Crippen molar-refractivity contribution >= 4 is 27.5 Å². The Balaban J connectivity index is 1.59. The minimum Gasteiger partial charge on any atom is -0.496 e. The van der Waals surface area contributed by atoms with Gasteiger partial charge in [-0.1, -0.05) is 6.07 Å². The Morgan fingerprint density at radius 2 is 1.71 bits per heavy atom. The number of carbonyl (C=O) groups excluding carboxylic acids is 2. The van der Waals surface area contributed by atoms with Gasteiger partial charge in [0.25, 0.3) is 5.91 Å². The highest BCUT2D eigenvalue weighted by molar-refractivity contribution is 7.89. The molecular formula is C22H27N3O5S. The molecule has 166 valence electrons. The Labute approximate surface area is 182 Å². The van der Waals surface area contributed by atoms with Gasteiger partial charge < -0.3 is 15.4 Å². The minimum atomic E-state index is -3.63. The molecule has 0 atom stereocenters. The molecule has 1 fully saturated rings. The highest BCUT2D eigenvalue weighted by atomic mass is 32.2. The van der Waals surface area contributed by atoms with E-state index in [1.807, 2.05) is 13.0 Å². The third kappa shape index (κ3) is 5.42. The first-order valence-electron chi connectivity index (χ1n) is 10.0. The van der Waals surface area contributed by atoms with E-state index >= 15 is 0 Å². The topological polar surface area (TPSA) is 105 Å². The van der Waals surface area contributed by atoms with Crippen molar-refractivity contribution in [3.63, 3.8) is 0 Å². The van der Waals surface area contributed by atoms with Gasteiger partial charge in [-0.05, 0) is 61.7 Å². The van der Waals surface area contributed by atoms with Crippen LogP contribution >= 0.6 is 0 Å². The molecule has 1 heterocycles. The van der Waals surface area contributed by atoms with Crippen LogP contribution in [0.5, 0.6) is 5.75 Å². The van der Waals surface area contributed by atoms with Crippen LogP contribution in [0.3, 0.4) is 0 Å². The smallest absolute Gasteiger partial charge is 0.251 e. The number of anilines is 1. The summed E-state index contributed by atoms with van der Waals surface area (Å²) >= 11 is 0. The van der Waals surface area contributed by atoms with E-state index in [4.69, 9.17) is 4.74 Å². The van der Waals surface area contributed by atoms with Crippen LogP contribution in [0.25, 0.3) is 0 Å². The van der Waals surface area contributed by atoms with Crippen molar-refractivity contribution in [2.75, 3.05) is 25.5 Å². The summed E-state index contributed by atoms with van der Waals surface area (Å²) < 4.78 is 32.5. The molecule has 3 rings (SSSR count). The standard InChI is InChI=1S/C22H27N3O5S/c1-15-4-5-17(14-21(15)30-3)22(27)24-19-10-12-25(13-11-19)31(28,29)20-8-6-18(7-9-20)23-16(2)26/h4-9,14,19H,10-13H2,1-3H3,(H,23,26)(H,24,27). The second-order valence-electron chi connectivity index (χ2n) is 7.54. The number of nitrogens with one attached hydrogen (secondary N) is 2. The molecule has 1 aliphatic rings. The number of aryl methyl sites for hydroxylation is 1. The van der Waals surface area contributed by atoms with Crippen LogP contribution in [-0.4, -0.2) is 50.8 Å². The highest BCUT2D eigenvalue weighted by Gasteiger charge is 2.30. The average molecular weight is 446 g/mol. The van der Waals surface area contributed by atoms with E-state index in [-0.39, 0.29) is 22.8 Å². The van der Waals surface area contributed by atoms with Gasteiger partial charge in [0.2, 0.25) is 15.9 Å². The fourth-order valence-electron chi connectivity index (χ4n) is 3.53. The zero-order valence-electron chi connectivity index (χ0n) is 17.8. The number of ether oxygens (including phenoxy) is 1. The van der Waals surface area contributed by atoms with Gasteiger partial charge in [-0.3, -0.25) is 9.59 Å². The van der Waals surface area contributed by atoms with Gasteiger partial charge >= 0.3 is 0 Å². The molecule has 2 aromatic rings. The Kier molecular flexibility index (Phi) is 6.97. The molecule has 0 spiro atoms. The molecule has 9 heteroatoms. The monoisotopic (exact) mass is 445 g/mol. The molecule has 0 saturated carbocycles. The Morgan fingerprint density at radius 3 is 2.29 bits per heavy atom. The van der Waals surface area contributed by atoms with Gasteiger partial charge in [-0.15, -0.1) is 0 Å². The second-order valence-corrected chi connectivity index (χ2v) is 9.48. The van der Waals surface area contributed by atoms with E-state index in [1.54, 1.807) is 31.4 Å². The number of hydrogen-bond donors (Lipinski definition) is 2. The van der Waals surface area contributed by atoms with Crippen LogP contribution in [0.2, 0.25) is 0 Å². The van der Waals surface area contributed by atoms with Crippen molar-refractivity contribution in [3.05, 3.63) is 53.6 Å². The molecule has 1 saturated heterocycles. The van der Waals surface area contributed by atoms with Gasteiger partial charge in [0.15, 0.2) is 0 Å². The maximum absolute atomic E-state index is 12.9. The minimum absolute atomic E-state index is 0.103. The first kappa shape index (κ1) is 22.8. The van der Waals surface area contributed by atoms with Crippen molar-refractivity contribution in [3.8, 4) is 5.75 Å². The van der Waals surface area contributed by atoms with Crippen molar-refractivity contribution in [1.82, 2.24) is 9.62 Å². The lowest BCUT2D eigenvalue weighted by molar-refractivity contribution is -0.114. The molecule has 2 N–H and O–H groups in total. The summed E-state index contributed by atoms with van der Waals surface area (Å²) in [6, 6.07) is 11.3. The van der Waals surface area contributed by atoms with E-state index < -0.39 is 10.0 Å². The number of sulfonamides is 1. The van der Waals surface area contributed by atoms with E-state index in [9.17, 15) is 18.0 Å². The van der Waals surface area contributed by atoms with Crippen molar-refractivity contribution in [2.24, 2.45) is 0 Å². The van der Waals surface area contributed by atoms with Crippen LogP contribution in [0.15, 0.2) is 47.4 Å². The van der Waals surface area contributed by atoms with Gasteiger partial charge in [0.05, 0.1) is 12.0 Å². The number of methoxy groups -OCH3 is 1. The van der Waals surface area contributed by atoms with Crippen molar-refractivity contribution in [2.45, 2.75) is 37.6 Å². The number of amides is 2. The SMILES string of the molecule is COc1cc(C(=O)NC2CCN(S(=O)(=O)c3ccc(NC(C)=O)cc3)CC2)ccc1C. The number of carbonyl (C=O) groups is 2. The quantitative estimate of drug-likeness (QED) is 0.711. The lowest BCUT2D eigenvalue weighted by atomic mass is 10.1. The number of rotatable bonds is 6. The summed E-state index contributed by atoms with van der Waals surface area (Å²) in [7, 11) is -2.07. The van der Waals surface area contributed by atoms with E-state index in [2.05, 4.69) is 10.6 Å². The predicted molar refractivity (Wildman–Crippen MR) is 118 cm³/mol. The maximum atomic E-state index is 12.9. The van der Waals surface area contributed by atoms with Crippen molar-refractivity contribution in [1.29, 1.82) is 0 Å². The molecular weight excluding hydrogens is 418 g/mol. The largest absolute Gasteiger partial charge is 0.496 e. The zero-order chi connectivity index (χ0) is 22.6. The second kappa shape index (κ2) is 9.49. The molecule has 0 bridgehead atoms. The van der Waals surface area contributed by atoms with Crippen LogP contribution < -0.4 is 15.4 Å². The third-order valence-electron chi connectivity index (χ3n) is 5.27. The van der Waals surface area contributed by atoms with Gasteiger partial charge in [-0.25, -0.2) is 8.42 Å². The molecule has 2 amide bonds. The summed E-state index contributed by atoms with van der Waals surface area (Å²) in [5, 5.41) is 5.60. The molecule has 8 nitrogen and oxygen atoms in total. The Bertz CT molecular complexity index is 1060. The third-order valence-corrected chi connectivity index (χ3v) is 7.18. The highest BCUT2D eigenvalue weighted by Crippen LogP contribution is 2.23. The van der Waals surface area contributed by atoms with Crippen molar-refractivity contribution < 1.29 is 22.7 Å². The molecule has 0 aromatic heterocycles. The molecule has 2 aromatic carbocycles. The van der Waals surface area contributed by atoms with Gasteiger partial charge in [-0.2, -0.15) is 4.31 Å². The molecule has 1 aliphatic heterocycles. The number of piperidine rings is 1. The van der Waals surface area contributed by atoms with E-state index in [0.717, 1.165) is 5.56 Å². The molecule has 0 aliphatic carbocycles. The maximum Gasteiger partial charge on any atom is 0.251 e. The number of benzene rings is 2. The Morgan fingerprint density at radius 1 is 1.06 bits per heavy atom. The molecule has 0 radical (unpaired) electrons. The molecule has 0 unspecified atom stereocenters.